The van der Waals surface area contributed by atoms with Gasteiger partial charge >= 0.3 is 5.97 Å². The molecule has 0 heterocycles. The van der Waals surface area contributed by atoms with E-state index in [0.717, 1.165) is 23.0 Å². The fourth-order valence-electron chi connectivity index (χ4n) is 1.35. The fourth-order valence-corrected chi connectivity index (χ4v) is 1.35. The van der Waals surface area contributed by atoms with Crippen LogP contribution in [0.25, 0.3) is 5.57 Å². The quantitative estimate of drug-likeness (QED) is 0.626. The summed E-state index contributed by atoms with van der Waals surface area (Å²) in [6.45, 7) is 4.52. The number of rotatable bonds is 5. The van der Waals surface area contributed by atoms with Crippen molar-refractivity contribution in [1.29, 1.82) is 0 Å². The molecule has 0 spiro atoms. The Morgan fingerprint density at radius 1 is 1.35 bits per heavy atom. The molecular formula is C14H16O3. The van der Waals surface area contributed by atoms with Gasteiger partial charge < -0.3 is 9.84 Å². The second-order valence-corrected chi connectivity index (χ2v) is 3.50. The lowest BCUT2D eigenvalue weighted by Crippen LogP contribution is -1.91. The van der Waals surface area contributed by atoms with Crippen molar-refractivity contribution in [3.8, 4) is 5.75 Å². The van der Waals surface area contributed by atoms with Crippen LogP contribution in [0.5, 0.6) is 5.75 Å². The van der Waals surface area contributed by atoms with Crippen LogP contribution in [0.15, 0.2) is 42.5 Å². The van der Waals surface area contributed by atoms with Gasteiger partial charge in [-0.25, -0.2) is 4.79 Å². The lowest BCUT2D eigenvalue weighted by molar-refractivity contribution is -0.131. The van der Waals surface area contributed by atoms with Gasteiger partial charge in [0.2, 0.25) is 0 Å². The zero-order chi connectivity index (χ0) is 12.7. The molecule has 0 radical (unpaired) electrons. The SMILES string of the molecule is CCOc1ccc(/C(C)=C/C=C/C(=O)O)cc1. The number of allylic oxidation sites excluding steroid dienone is 3. The summed E-state index contributed by atoms with van der Waals surface area (Å²) in [4.78, 5) is 10.3. The van der Waals surface area contributed by atoms with Gasteiger partial charge in [-0.3, -0.25) is 0 Å². The Balaban J connectivity index is 2.75. The van der Waals surface area contributed by atoms with Crippen LogP contribution in [-0.4, -0.2) is 17.7 Å². The van der Waals surface area contributed by atoms with Crippen molar-refractivity contribution in [2.45, 2.75) is 13.8 Å². The van der Waals surface area contributed by atoms with Gasteiger partial charge in [-0.05, 0) is 37.1 Å². The molecule has 0 amide bonds. The Labute approximate surface area is 101 Å². The van der Waals surface area contributed by atoms with Crippen molar-refractivity contribution in [1.82, 2.24) is 0 Å². The topological polar surface area (TPSA) is 46.5 Å². The zero-order valence-electron chi connectivity index (χ0n) is 10.0. The maximum atomic E-state index is 10.3. The van der Waals surface area contributed by atoms with Gasteiger partial charge in [-0.1, -0.05) is 24.3 Å². The molecule has 90 valence electrons. The predicted octanol–water partition coefficient (Wildman–Crippen LogP) is 3.13. The van der Waals surface area contributed by atoms with E-state index in [1.54, 1.807) is 6.08 Å². The van der Waals surface area contributed by atoms with Crippen molar-refractivity contribution in [2.24, 2.45) is 0 Å². The first-order valence-corrected chi connectivity index (χ1v) is 5.44. The first kappa shape index (κ1) is 13.0. The van der Waals surface area contributed by atoms with E-state index in [0.29, 0.717) is 6.61 Å². The van der Waals surface area contributed by atoms with E-state index in [-0.39, 0.29) is 0 Å². The third-order valence-electron chi connectivity index (χ3n) is 2.21. The normalized spacial score (nSPS) is 11.8. The molecule has 0 unspecified atom stereocenters. The Hall–Kier alpha value is -2.03. The average molecular weight is 232 g/mol. The monoisotopic (exact) mass is 232 g/mol. The van der Waals surface area contributed by atoms with E-state index < -0.39 is 5.97 Å². The van der Waals surface area contributed by atoms with E-state index in [9.17, 15) is 4.79 Å². The molecule has 0 aromatic heterocycles. The van der Waals surface area contributed by atoms with Gasteiger partial charge in [0.25, 0.3) is 0 Å². The summed E-state index contributed by atoms with van der Waals surface area (Å²) in [6, 6.07) is 7.70. The Morgan fingerprint density at radius 2 is 2.00 bits per heavy atom. The smallest absolute Gasteiger partial charge is 0.328 e. The summed E-state index contributed by atoms with van der Waals surface area (Å²) >= 11 is 0. The first-order valence-electron chi connectivity index (χ1n) is 5.44. The largest absolute Gasteiger partial charge is 0.494 e. The lowest BCUT2D eigenvalue weighted by Gasteiger charge is -2.04. The number of ether oxygens (including phenoxy) is 1. The summed E-state index contributed by atoms with van der Waals surface area (Å²) in [5.41, 5.74) is 2.05. The van der Waals surface area contributed by atoms with E-state index in [1.807, 2.05) is 38.1 Å². The number of hydrogen-bond acceptors (Lipinski definition) is 2. The molecule has 0 fully saturated rings. The molecule has 1 N–H and O–H groups in total. The van der Waals surface area contributed by atoms with E-state index in [1.165, 1.54) is 6.08 Å². The highest BCUT2D eigenvalue weighted by molar-refractivity contribution is 5.80. The van der Waals surface area contributed by atoms with E-state index in [4.69, 9.17) is 9.84 Å². The molecule has 17 heavy (non-hydrogen) atoms. The molecule has 0 aliphatic rings. The van der Waals surface area contributed by atoms with Crippen LogP contribution in [0, 0.1) is 0 Å². The van der Waals surface area contributed by atoms with E-state index >= 15 is 0 Å². The van der Waals surface area contributed by atoms with Crippen LogP contribution in [-0.2, 0) is 4.79 Å². The zero-order valence-corrected chi connectivity index (χ0v) is 10.0. The number of hydrogen-bond donors (Lipinski definition) is 1. The molecular weight excluding hydrogens is 216 g/mol. The average Bonchev–Trinajstić information content (AvgIpc) is 2.30. The van der Waals surface area contributed by atoms with Crippen LogP contribution in [0.3, 0.4) is 0 Å². The van der Waals surface area contributed by atoms with E-state index in [2.05, 4.69) is 0 Å². The second-order valence-electron chi connectivity index (χ2n) is 3.50. The van der Waals surface area contributed by atoms with Gasteiger partial charge in [0.05, 0.1) is 6.61 Å². The minimum atomic E-state index is -0.944. The maximum Gasteiger partial charge on any atom is 0.328 e. The lowest BCUT2D eigenvalue weighted by atomic mass is 10.1. The van der Waals surface area contributed by atoms with Gasteiger partial charge in [0, 0.05) is 6.08 Å². The van der Waals surface area contributed by atoms with Crippen molar-refractivity contribution in [3.05, 3.63) is 48.1 Å². The van der Waals surface area contributed by atoms with Crippen LogP contribution >= 0.6 is 0 Å². The third-order valence-corrected chi connectivity index (χ3v) is 2.21. The van der Waals surface area contributed by atoms with Crippen LogP contribution in [0.2, 0.25) is 0 Å². The number of carboxylic acid groups (broad SMARTS) is 1. The Bertz CT molecular complexity index is 427. The van der Waals surface area contributed by atoms with Gasteiger partial charge in [0.15, 0.2) is 0 Å². The molecule has 1 rings (SSSR count). The third kappa shape index (κ3) is 4.55. The molecule has 3 heteroatoms. The molecule has 0 aliphatic heterocycles. The molecule has 0 bridgehead atoms. The van der Waals surface area contributed by atoms with Gasteiger partial charge in [-0.15, -0.1) is 0 Å². The van der Waals surface area contributed by atoms with Crippen LogP contribution in [0.1, 0.15) is 19.4 Å². The number of carboxylic acids is 1. The van der Waals surface area contributed by atoms with Crippen molar-refractivity contribution < 1.29 is 14.6 Å². The van der Waals surface area contributed by atoms with Crippen LogP contribution < -0.4 is 4.74 Å². The molecule has 0 saturated heterocycles. The molecule has 1 aromatic carbocycles. The number of carbonyl (C=O) groups is 1. The summed E-state index contributed by atoms with van der Waals surface area (Å²) in [5, 5.41) is 8.46. The predicted molar refractivity (Wildman–Crippen MR) is 68.0 cm³/mol. The second kappa shape index (κ2) is 6.53. The highest BCUT2D eigenvalue weighted by Crippen LogP contribution is 2.18. The Kier molecular flexibility index (Phi) is 5.01. The molecule has 3 nitrogen and oxygen atoms in total. The van der Waals surface area contributed by atoms with Crippen molar-refractivity contribution in [2.75, 3.05) is 6.61 Å². The summed E-state index contributed by atoms with van der Waals surface area (Å²) in [6.07, 6.45) is 4.40. The highest BCUT2D eigenvalue weighted by atomic mass is 16.5. The standard InChI is InChI=1S/C14H16O3/c1-3-17-13-9-7-12(8-10-13)11(2)5-4-6-14(15)16/h4-10H,3H2,1-2H3,(H,15,16)/b6-4+,11-5+. The fraction of sp³-hybridized carbons (Fsp3) is 0.214. The number of aliphatic carboxylic acids is 1. The molecule has 0 saturated carbocycles. The highest BCUT2D eigenvalue weighted by Gasteiger charge is 1.96. The summed E-state index contributed by atoms with van der Waals surface area (Å²) in [5.74, 6) is -0.106. The summed E-state index contributed by atoms with van der Waals surface area (Å²) in [7, 11) is 0. The summed E-state index contributed by atoms with van der Waals surface area (Å²) < 4.78 is 5.34. The maximum absolute atomic E-state index is 10.3. The minimum Gasteiger partial charge on any atom is -0.494 e. The minimum absolute atomic E-state index is 0.648. The van der Waals surface area contributed by atoms with Crippen molar-refractivity contribution >= 4 is 11.5 Å². The van der Waals surface area contributed by atoms with Crippen molar-refractivity contribution in [3.63, 3.8) is 0 Å². The molecule has 1 aromatic rings. The van der Waals surface area contributed by atoms with Crippen LogP contribution in [0.4, 0.5) is 0 Å². The van der Waals surface area contributed by atoms with Gasteiger partial charge in [-0.2, -0.15) is 0 Å². The molecule has 0 atom stereocenters. The molecule has 0 aliphatic carbocycles. The Morgan fingerprint density at radius 3 is 2.53 bits per heavy atom. The van der Waals surface area contributed by atoms with Gasteiger partial charge in [0.1, 0.15) is 5.75 Å². The first-order chi connectivity index (χ1) is 8.13. The number of benzene rings is 1.